The van der Waals surface area contributed by atoms with Crippen molar-refractivity contribution < 1.29 is 0 Å². The van der Waals surface area contributed by atoms with E-state index in [9.17, 15) is 10.5 Å². The molecule has 0 bridgehead atoms. The molecule has 1 aliphatic rings. The van der Waals surface area contributed by atoms with Crippen LogP contribution in [-0.2, 0) is 4.66 Å². The summed E-state index contributed by atoms with van der Waals surface area (Å²) in [4.78, 5) is 4.78. The first-order chi connectivity index (χ1) is 33.1. The minimum atomic E-state index is -2.25. The minimum absolute atomic E-state index is 0.218. The number of nitriles is 2. The summed E-state index contributed by atoms with van der Waals surface area (Å²) in [5, 5.41) is 27.2. The normalized spacial score (nSPS) is 13.1. The molecule has 10 rings (SSSR count). The molecule has 1 aliphatic carbocycles. The average molecular weight is 929 g/mol. The number of rotatable bonds is 10. The maximum atomic E-state index is 9.90. The lowest BCUT2D eigenvalue weighted by atomic mass is 9.89. The van der Waals surface area contributed by atoms with Gasteiger partial charge in [-0.3, -0.25) is 0 Å². The molecule has 0 fully saturated rings. The number of nitrogens with zero attached hydrogens (tertiary/aromatic N) is 4. The second kappa shape index (κ2) is 17.1. The highest BCUT2D eigenvalue weighted by Crippen LogP contribution is 2.64. The molecule has 4 nitrogen and oxygen atoms in total. The maximum absolute atomic E-state index is 9.90. The molecule has 6 heteroatoms. The van der Waals surface area contributed by atoms with Gasteiger partial charge in [-0.05, 0) is 163 Å². The fourth-order valence-electron chi connectivity index (χ4n) is 12.2. The van der Waals surface area contributed by atoms with Crippen LogP contribution in [0.3, 0.4) is 0 Å². The molecule has 0 radical (unpaired) electrons. The molecule has 0 atom stereocenters. The summed E-state index contributed by atoms with van der Waals surface area (Å²) in [5.41, 5.74) is 16.0. The predicted molar refractivity (Wildman–Crippen MR) is 299 cm³/mol. The number of benzene rings is 9. The van der Waals surface area contributed by atoms with Gasteiger partial charge in [0, 0.05) is 38.5 Å². The Bertz CT molecular complexity index is 3510. The van der Waals surface area contributed by atoms with Crippen LogP contribution in [0.4, 0.5) is 34.1 Å². The van der Waals surface area contributed by atoms with Crippen LogP contribution in [-0.4, -0.2) is 16.1 Å². The van der Waals surface area contributed by atoms with E-state index < -0.39 is 16.1 Å². The van der Waals surface area contributed by atoms with Crippen LogP contribution in [0.25, 0.3) is 43.4 Å². The standard InChI is InChI=1S/C63H60N4Si2/c1-41(2)45-23-31-48(32-24-45)66(47-27-19-43(39-64)20-28-47)51-35-36-56-57(37-51)52-15-11-13-17-54(52)61-60-55-18-14-12-16-53(55)59(38-58(60)63(62(56)61,68(5,6)7)69(8,9)10)67(49-29-21-44(40-65)22-30-49)50-33-25-46(26-34-50)42(3)4/h11-38,41-42H,1-10H3. The minimum Gasteiger partial charge on any atom is -0.310 e. The van der Waals surface area contributed by atoms with Crippen LogP contribution in [0, 0.1) is 22.7 Å². The van der Waals surface area contributed by atoms with Gasteiger partial charge in [0.2, 0.25) is 0 Å². The zero-order valence-corrected chi connectivity index (χ0v) is 43.6. The van der Waals surface area contributed by atoms with Crippen LogP contribution in [0.15, 0.2) is 170 Å². The average Bonchev–Trinajstić information content (AvgIpc) is 3.69. The Hall–Kier alpha value is -7.23. The first-order valence-electron chi connectivity index (χ1n) is 24.4. The lowest BCUT2D eigenvalue weighted by molar-refractivity contribution is 0.866. The molecule has 0 N–H and O–H groups in total. The van der Waals surface area contributed by atoms with E-state index in [-0.39, 0.29) is 4.66 Å². The third-order valence-electron chi connectivity index (χ3n) is 15.0. The van der Waals surface area contributed by atoms with Crippen molar-refractivity contribution in [2.45, 2.75) is 83.5 Å². The molecule has 0 saturated heterocycles. The summed E-state index contributed by atoms with van der Waals surface area (Å²) in [6.45, 7) is 24.7. The third-order valence-corrected chi connectivity index (χ3v) is 25.0. The highest BCUT2D eigenvalue weighted by molar-refractivity contribution is 7.00. The number of hydrogen-bond acceptors (Lipinski definition) is 4. The fourth-order valence-corrected chi connectivity index (χ4v) is 25.2. The predicted octanol–water partition coefficient (Wildman–Crippen LogP) is 18.1. The molecule has 9 aromatic rings. The maximum Gasteiger partial charge on any atom is 0.0991 e. The van der Waals surface area contributed by atoms with Crippen molar-refractivity contribution in [3.8, 4) is 23.3 Å². The second-order valence-electron chi connectivity index (χ2n) is 21.6. The van der Waals surface area contributed by atoms with Crippen molar-refractivity contribution >= 4 is 82.6 Å². The monoisotopic (exact) mass is 928 g/mol. The largest absolute Gasteiger partial charge is 0.310 e. The smallest absolute Gasteiger partial charge is 0.0991 e. The summed E-state index contributed by atoms with van der Waals surface area (Å²) >= 11 is 0. The Balaban J connectivity index is 1.31. The topological polar surface area (TPSA) is 54.1 Å². The van der Waals surface area contributed by atoms with Gasteiger partial charge < -0.3 is 9.80 Å². The van der Waals surface area contributed by atoms with Gasteiger partial charge in [-0.15, -0.1) is 0 Å². The fraction of sp³-hybridized carbons (Fsp3) is 0.206. The van der Waals surface area contributed by atoms with Gasteiger partial charge in [-0.25, -0.2) is 0 Å². The third kappa shape index (κ3) is 7.28. The molecule has 340 valence electrons. The lowest BCUT2D eigenvalue weighted by Crippen LogP contribution is -2.63. The molecule has 0 heterocycles. The van der Waals surface area contributed by atoms with Gasteiger partial charge in [0.05, 0.1) is 45.1 Å². The Morgan fingerprint density at radius 2 is 0.812 bits per heavy atom. The van der Waals surface area contributed by atoms with Crippen molar-refractivity contribution in [1.29, 1.82) is 10.5 Å². The first-order valence-corrected chi connectivity index (χ1v) is 31.4. The number of anilines is 6. The molecular formula is C63H60N4Si2. The van der Waals surface area contributed by atoms with Gasteiger partial charge in [-0.2, -0.15) is 10.5 Å². The SMILES string of the molecule is CC(C)c1ccc(N(c2ccc(C#N)cc2)c2ccc3c4c(c5ccccc5c3c2)-c2c(cc(N(c3ccc(C#N)cc3)c3ccc(C(C)C)cc3)c3ccccc23)C4([Si](C)(C)C)[Si](C)(C)C)cc1. The summed E-state index contributed by atoms with van der Waals surface area (Å²) in [6, 6.07) is 66.8. The van der Waals surface area contributed by atoms with Gasteiger partial charge in [0.25, 0.3) is 0 Å². The van der Waals surface area contributed by atoms with E-state index in [1.807, 2.05) is 24.3 Å². The van der Waals surface area contributed by atoms with E-state index in [1.165, 1.54) is 65.7 Å². The van der Waals surface area contributed by atoms with E-state index in [0.717, 1.165) is 34.1 Å². The Morgan fingerprint density at radius 1 is 0.406 bits per heavy atom. The Labute approximate surface area is 410 Å². The van der Waals surface area contributed by atoms with Crippen LogP contribution in [0.2, 0.25) is 39.3 Å². The Kier molecular flexibility index (Phi) is 11.3. The zero-order valence-electron chi connectivity index (χ0n) is 41.6. The van der Waals surface area contributed by atoms with Gasteiger partial charge >= 0.3 is 0 Å². The number of fused-ring (bicyclic) bond motifs is 10. The quantitative estimate of drug-likeness (QED) is 0.101. The van der Waals surface area contributed by atoms with E-state index in [4.69, 9.17) is 0 Å². The molecule has 9 aromatic carbocycles. The van der Waals surface area contributed by atoms with Crippen molar-refractivity contribution in [3.05, 3.63) is 203 Å². The summed E-state index contributed by atoms with van der Waals surface area (Å²) < 4.78 is -0.218. The molecule has 0 unspecified atom stereocenters. The van der Waals surface area contributed by atoms with Gasteiger partial charge in [0.1, 0.15) is 0 Å². The first kappa shape index (κ1) is 45.6. The van der Waals surface area contributed by atoms with E-state index in [2.05, 4.69) is 235 Å². The van der Waals surface area contributed by atoms with Crippen molar-refractivity contribution in [1.82, 2.24) is 0 Å². The van der Waals surface area contributed by atoms with Crippen LogP contribution in [0.1, 0.15) is 72.9 Å². The summed E-state index contributed by atoms with van der Waals surface area (Å²) in [5.74, 6) is 0.828. The molecule has 69 heavy (non-hydrogen) atoms. The highest BCUT2D eigenvalue weighted by atomic mass is 28.4. The van der Waals surface area contributed by atoms with E-state index >= 15 is 0 Å². The molecule has 0 saturated carbocycles. The molecule has 0 aromatic heterocycles. The van der Waals surface area contributed by atoms with Gasteiger partial charge in [0.15, 0.2) is 0 Å². The molecule has 0 amide bonds. The van der Waals surface area contributed by atoms with E-state index in [1.54, 1.807) is 0 Å². The lowest BCUT2D eigenvalue weighted by Gasteiger charge is -2.52. The Morgan fingerprint density at radius 3 is 1.26 bits per heavy atom. The van der Waals surface area contributed by atoms with Crippen LogP contribution in [0.5, 0.6) is 0 Å². The summed E-state index contributed by atoms with van der Waals surface area (Å²) in [7, 11) is -4.49. The van der Waals surface area contributed by atoms with E-state index in [0.29, 0.717) is 23.0 Å². The molecule has 0 spiro atoms. The van der Waals surface area contributed by atoms with Crippen LogP contribution >= 0.6 is 0 Å². The number of hydrogen-bond donors (Lipinski definition) is 0. The van der Waals surface area contributed by atoms with Gasteiger partial charge in [-0.1, -0.05) is 146 Å². The van der Waals surface area contributed by atoms with Crippen molar-refractivity contribution in [3.63, 3.8) is 0 Å². The molecule has 0 aliphatic heterocycles. The summed E-state index contributed by atoms with van der Waals surface area (Å²) in [6.07, 6.45) is 0. The van der Waals surface area contributed by atoms with Crippen molar-refractivity contribution in [2.75, 3.05) is 9.80 Å². The van der Waals surface area contributed by atoms with Crippen LogP contribution < -0.4 is 9.80 Å². The van der Waals surface area contributed by atoms with Crippen molar-refractivity contribution in [2.24, 2.45) is 0 Å². The molecular weight excluding hydrogens is 869 g/mol. The highest BCUT2D eigenvalue weighted by Gasteiger charge is 2.60. The second-order valence-corrected chi connectivity index (χ2v) is 32.6. The zero-order chi connectivity index (χ0) is 48.6.